The quantitative estimate of drug-likeness (QED) is 0.686. The molecule has 1 saturated heterocycles. The first-order valence-electron chi connectivity index (χ1n) is 5.91. The van der Waals surface area contributed by atoms with Crippen molar-refractivity contribution in [2.75, 3.05) is 6.54 Å². The van der Waals surface area contributed by atoms with Gasteiger partial charge in [0, 0.05) is 13.0 Å². The molecule has 4 N–H and O–H groups in total. The molecule has 0 aliphatic carbocycles. The van der Waals surface area contributed by atoms with Gasteiger partial charge in [0.05, 0.1) is 10.9 Å². The van der Waals surface area contributed by atoms with E-state index in [1.54, 1.807) is 12.1 Å². The second-order valence-electron chi connectivity index (χ2n) is 4.48. The van der Waals surface area contributed by atoms with Gasteiger partial charge in [0.15, 0.2) is 0 Å². The molecule has 1 aliphatic rings. The largest absolute Gasteiger partial charge is 0.368 e. The smallest absolute Gasteiger partial charge is 0.294 e. The highest BCUT2D eigenvalue weighted by atomic mass is 32.2. The third kappa shape index (κ3) is 5.24. The fraction of sp³-hybridized carbons (Fsp3) is 0.417. The first-order valence-corrected chi connectivity index (χ1v) is 7.35. The van der Waals surface area contributed by atoms with Crippen LogP contribution in [0.15, 0.2) is 29.2 Å². The van der Waals surface area contributed by atoms with Crippen molar-refractivity contribution in [2.45, 2.75) is 30.5 Å². The van der Waals surface area contributed by atoms with E-state index in [2.05, 4.69) is 5.32 Å². The number of amides is 1. The summed E-state index contributed by atoms with van der Waals surface area (Å²) in [6.45, 7) is 2.10. The number of carbonyl (C=O) groups excluding carboxylic acids is 1. The summed E-state index contributed by atoms with van der Waals surface area (Å²) >= 11 is 0. The zero-order valence-electron chi connectivity index (χ0n) is 10.9. The molecule has 0 saturated carbocycles. The fourth-order valence-corrected chi connectivity index (χ4v) is 2.10. The van der Waals surface area contributed by atoms with Gasteiger partial charge in [-0.1, -0.05) is 17.7 Å². The van der Waals surface area contributed by atoms with Crippen LogP contribution >= 0.6 is 0 Å². The first-order chi connectivity index (χ1) is 9.20. The van der Waals surface area contributed by atoms with Crippen molar-refractivity contribution in [2.24, 2.45) is 5.73 Å². The molecule has 1 aliphatic heterocycles. The van der Waals surface area contributed by atoms with Crippen LogP contribution in [0.4, 0.5) is 4.39 Å². The number of aryl methyl sites for hydroxylation is 1. The number of rotatable bonds is 2. The Bertz CT molecular complexity index is 559. The lowest BCUT2D eigenvalue weighted by molar-refractivity contribution is -0.119. The maximum Gasteiger partial charge on any atom is 0.294 e. The number of halogens is 1. The zero-order chi connectivity index (χ0) is 15.3. The van der Waals surface area contributed by atoms with Crippen LogP contribution < -0.4 is 11.1 Å². The summed E-state index contributed by atoms with van der Waals surface area (Å²) < 4.78 is 41.8. The Labute approximate surface area is 116 Å². The van der Waals surface area contributed by atoms with Crippen LogP contribution in [0.5, 0.6) is 0 Å². The van der Waals surface area contributed by atoms with E-state index in [0.717, 1.165) is 5.56 Å². The summed E-state index contributed by atoms with van der Waals surface area (Å²) in [4.78, 5) is 10.3. The van der Waals surface area contributed by atoms with Gasteiger partial charge in [-0.3, -0.25) is 9.35 Å². The summed E-state index contributed by atoms with van der Waals surface area (Å²) in [7, 11) is -4.02. The second kappa shape index (κ2) is 6.78. The predicted molar refractivity (Wildman–Crippen MR) is 71.5 cm³/mol. The topological polar surface area (TPSA) is 109 Å². The zero-order valence-corrected chi connectivity index (χ0v) is 11.7. The van der Waals surface area contributed by atoms with Crippen molar-refractivity contribution in [1.82, 2.24) is 5.32 Å². The fourth-order valence-electron chi connectivity index (χ4n) is 1.62. The van der Waals surface area contributed by atoms with Crippen molar-refractivity contribution in [3.63, 3.8) is 0 Å². The third-order valence-electron chi connectivity index (χ3n) is 2.74. The predicted octanol–water partition coefficient (Wildman–Crippen LogP) is 0.413. The van der Waals surface area contributed by atoms with Crippen LogP contribution in [0.2, 0.25) is 0 Å². The molecular weight excluding hydrogens is 287 g/mol. The molecular formula is C12H17FN2O4S. The number of hydrogen-bond acceptors (Lipinski definition) is 4. The summed E-state index contributed by atoms with van der Waals surface area (Å²) in [6, 6.07) is 5.54. The highest BCUT2D eigenvalue weighted by Gasteiger charge is 2.26. The van der Waals surface area contributed by atoms with Gasteiger partial charge in [0.2, 0.25) is 5.91 Å². The minimum Gasteiger partial charge on any atom is -0.368 e. The summed E-state index contributed by atoms with van der Waals surface area (Å²) in [6.07, 6.45) is -0.669. The molecule has 0 unspecified atom stereocenters. The van der Waals surface area contributed by atoms with E-state index in [0.29, 0.717) is 0 Å². The van der Waals surface area contributed by atoms with Crippen LogP contribution in [-0.2, 0) is 14.9 Å². The SMILES string of the molecule is Cc1ccc(S(=O)(=O)O)cc1.NC(=O)[C@H]1C[C@@H](F)CN1. The highest BCUT2D eigenvalue weighted by molar-refractivity contribution is 7.85. The van der Waals surface area contributed by atoms with E-state index in [1.807, 2.05) is 6.92 Å². The van der Waals surface area contributed by atoms with Crippen LogP contribution in [0.1, 0.15) is 12.0 Å². The van der Waals surface area contributed by atoms with Gasteiger partial charge in [0.25, 0.3) is 10.1 Å². The van der Waals surface area contributed by atoms with Gasteiger partial charge < -0.3 is 11.1 Å². The van der Waals surface area contributed by atoms with E-state index >= 15 is 0 Å². The number of carbonyl (C=O) groups is 1. The molecule has 0 aromatic heterocycles. The van der Waals surface area contributed by atoms with Crippen LogP contribution in [0.3, 0.4) is 0 Å². The second-order valence-corrected chi connectivity index (χ2v) is 5.91. The van der Waals surface area contributed by atoms with E-state index in [1.165, 1.54) is 12.1 Å². The molecule has 1 aromatic rings. The molecule has 8 heteroatoms. The number of primary amides is 1. The summed E-state index contributed by atoms with van der Waals surface area (Å²) in [5, 5.41) is 2.66. The lowest BCUT2D eigenvalue weighted by Crippen LogP contribution is -2.36. The highest BCUT2D eigenvalue weighted by Crippen LogP contribution is 2.09. The molecule has 0 radical (unpaired) electrons. The molecule has 1 aromatic carbocycles. The van der Waals surface area contributed by atoms with Crippen molar-refractivity contribution in [3.05, 3.63) is 29.8 Å². The van der Waals surface area contributed by atoms with Gasteiger partial charge >= 0.3 is 0 Å². The Morgan fingerprint density at radius 2 is 1.95 bits per heavy atom. The Morgan fingerprint density at radius 1 is 1.40 bits per heavy atom. The Kier molecular flexibility index (Phi) is 5.61. The summed E-state index contributed by atoms with van der Waals surface area (Å²) in [5.41, 5.74) is 5.85. The van der Waals surface area contributed by atoms with Crippen LogP contribution in [0.25, 0.3) is 0 Å². The van der Waals surface area contributed by atoms with E-state index < -0.39 is 28.2 Å². The lowest BCUT2D eigenvalue weighted by atomic mass is 10.2. The maximum absolute atomic E-state index is 12.3. The number of nitrogens with one attached hydrogen (secondary N) is 1. The Morgan fingerprint density at radius 3 is 2.25 bits per heavy atom. The minimum atomic E-state index is -4.02. The molecule has 2 rings (SSSR count). The molecule has 1 amide bonds. The van der Waals surface area contributed by atoms with Gasteiger partial charge in [-0.15, -0.1) is 0 Å². The minimum absolute atomic E-state index is 0.0666. The molecule has 0 spiro atoms. The summed E-state index contributed by atoms with van der Waals surface area (Å²) in [5.74, 6) is -0.463. The number of benzene rings is 1. The molecule has 0 bridgehead atoms. The van der Waals surface area contributed by atoms with Gasteiger partial charge in [0.1, 0.15) is 6.17 Å². The van der Waals surface area contributed by atoms with Gasteiger partial charge in [-0.05, 0) is 19.1 Å². The van der Waals surface area contributed by atoms with E-state index in [9.17, 15) is 17.6 Å². The number of alkyl halides is 1. The molecule has 1 heterocycles. The van der Waals surface area contributed by atoms with Crippen molar-refractivity contribution in [3.8, 4) is 0 Å². The normalized spacial score (nSPS) is 21.9. The monoisotopic (exact) mass is 304 g/mol. The van der Waals surface area contributed by atoms with E-state index in [4.69, 9.17) is 10.3 Å². The first kappa shape index (κ1) is 16.5. The molecule has 2 atom stereocenters. The lowest BCUT2D eigenvalue weighted by Gasteiger charge is -2.00. The molecule has 20 heavy (non-hydrogen) atoms. The van der Waals surface area contributed by atoms with Gasteiger partial charge in [-0.2, -0.15) is 8.42 Å². The third-order valence-corrected chi connectivity index (χ3v) is 3.61. The van der Waals surface area contributed by atoms with E-state index in [-0.39, 0.29) is 17.9 Å². The Hall–Kier alpha value is -1.51. The average Bonchev–Trinajstić information content (AvgIpc) is 2.76. The molecule has 6 nitrogen and oxygen atoms in total. The van der Waals surface area contributed by atoms with Crippen molar-refractivity contribution < 1.29 is 22.2 Å². The van der Waals surface area contributed by atoms with Gasteiger partial charge in [-0.25, -0.2) is 4.39 Å². The average molecular weight is 304 g/mol. The number of nitrogens with two attached hydrogens (primary N) is 1. The maximum atomic E-state index is 12.3. The number of hydrogen-bond donors (Lipinski definition) is 3. The van der Waals surface area contributed by atoms with Crippen molar-refractivity contribution in [1.29, 1.82) is 0 Å². The molecule has 1 fully saturated rings. The Balaban J connectivity index is 0.000000204. The standard InChI is InChI=1S/C7H8O3S.C5H9FN2O/c1-6-2-4-7(5-3-6)11(8,9)10;6-3-1-4(5(7)9)8-2-3/h2-5H,1H3,(H,8,9,10);3-4,8H,1-2H2,(H2,7,9)/t;3-,4-/m.1/s1. The van der Waals surface area contributed by atoms with Crippen LogP contribution in [0, 0.1) is 6.92 Å². The van der Waals surface area contributed by atoms with Crippen molar-refractivity contribution >= 4 is 16.0 Å². The van der Waals surface area contributed by atoms with Crippen LogP contribution in [-0.4, -0.2) is 37.6 Å². The molecule has 112 valence electrons.